The molecule has 156 valence electrons. The van der Waals surface area contributed by atoms with E-state index in [0.29, 0.717) is 0 Å². The fraction of sp³-hybridized carbons (Fsp3) is 0.529. The summed E-state index contributed by atoms with van der Waals surface area (Å²) in [6.07, 6.45) is 0. The molecular weight excluding hydrogens is 390 g/mol. The maximum atomic E-state index is 12.9. The maximum absolute atomic E-state index is 12.9. The van der Waals surface area contributed by atoms with Crippen LogP contribution in [0.3, 0.4) is 0 Å². The van der Waals surface area contributed by atoms with E-state index in [4.69, 9.17) is 6.11 Å². The highest BCUT2D eigenvalue weighted by molar-refractivity contribution is 7.89. The number of hydrogen-bond acceptors (Lipinski definition) is 7. The lowest BCUT2D eigenvalue weighted by Gasteiger charge is -2.33. The molecule has 28 heavy (non-hydrogen) atoms. The monoisotopic (exact) mass is 416 g/mol. The summed E-state index contributed by atoms with van der Waals surface area (Å²) in [5, 5.41) is 10.7. The summed E-state index contributed by atoms with van der Waals surface area (Å²) in [6, 6.07) is 1.99. The fourth-order valence-electron chi connectivity index (χ4n) is 2.53. The van der Waals surface area contributed by atoms with Crippen LogP contribution < -0.4 is 0 Å². The van der Waals surface area contributed by atoms with Crippen LogP contribution in [0.15, 0.2) is 29.2 Å². The third kappa shape index (κ3) is 4.84. The third-order valence-electron chi connectivity index (χ3n) is 4.32. The molecule has 0 heterocycles. The van der Waals surface area contributed by atoms with Gasteiger partial charge in [0.1, 0.15) is 12.1 Å². The zero-order valence-corrected chi connectivity index (χ0v) is 17.2. The highest BCUT2D eigenvalue weighted by Gasteiger charge is 2.37. The van der Waals surface area contributed by atoms with E-state index in [1.54, 1.807) is 13.8 Å². The fourth-order valence-corrected chi connectivity index (χ4v) is 3.85. The highest BCUT2D eigenvalue weighted by atomic mass is 32.2. The molecule has 0 bridgehead atoms. The number of nitro groups is 1. The maximum Gasteiger partial charge on any atom is 0.328 e. The van der Waals surface area contributed by atoms with Crippen molar-refractivity contribution in [3.8, 4) is 0 Å². The van der Waals surface area contributed by atoms with Gasteiger partial charge in [-0.25, -0.2) is 13.2 Å². The number of hydrogen-bond donors (Lipinski definition) is 0. The van der Waals surface area contributed by atoms with E-state index in [2.05, 4.69) is 0 Å². The Kier molecular flexibility index (Phi) is 7.08. The molecule has 1 aromatic rings. The molecule has 11 heteroatoms. The zero-order chi connectivity index (χ0) is 22.5. The van der Waals surface area contributed by atoms with Crippen LogP contribution in [0.1, 0.15) is 22.1 Å². The Balaban J connectivity index is 3.19. The molecule has 1 aromatic carbocycles. The van der Waals surface area contributed by atoms with Crippen molar-refractivity contribution in [3.63, 3.8) is 0 Å². The first kappa shape index (κ1) is 21.8. The van der Waals surface area contributed by atoms with Crippen LogP contribution in [-0.4, -0.2) is 67.7 Å². The van der Waals surface area contributed by atoms with Crippen molar-refractivity contribution in [3.05, 3.63) is 34.4 Å². The zero-order valence-electron chi connectivity index (χ0n) is 17.4. The molecule has 0 aliphatic rings. The average molecular weight is 416 g/mol. The van der Waals surface area contributed by atoms with Gasteiger partial charge >= 0.3 is 5.97 Å². The molecule has 0 fully saturated rings. The van der Waals surface area contributed by atoms with Gasteiger partial charge in [0, 0.05) is 27.6 Å². The minimum Gasteiger partial charge on any atom is -0.467 e. The average Bonchev–Trinajstić information content (AvgIpc) is 2.69. The molecule has 0 saturated heterocycles. The number of benzene rings is 1. The molecule has 0 aromatic heterocycles. The van der Waals surface area contributed by atoms with Crippen LogP contribution in [-0.2, 0) is 24.3 Å². The number of non-ortho nitro benzene ring substituents is 1. The molecule has 0 aliphatic carbocycles. The van der Waals surface area contributed by atoms with Gasteiger partial charge in [-0.1, -0.05) is 13.8 Å². The molecule has 10 nitrogen and oxygen atoms in total. The standard InChI is InChI=1S/C17H25N3O7S/c1-11(2)15(17(22)27-6)18(4)16(21)12(3)19(5)28(25,26)14-9-7-13(8-10-14)20(23)24/h7-12,15H,1-6H3/t12-,15+/m1/s1/i4D. The van der Waals surface area contributed by atoms with Gasteiger partial charge in [-0.15, -0.1) is 0 Å². The van der Waals surface area contributed by atoms with Crippen LogP contribution in [0.5, 0.6) is 0 Å². The molecule has 2 atom stereocenters. The quantitative estimate of drug-likeness (QED) is 0.354. The van der Waals surface area contributed by atoms with Gasteiger partial charge in [0.05, 0.1) is 16.9 Å². The first-order valence-electron chi connectivity index (χ1n) is 9.00. The minimum absolute atomic E-state index is 0.226. The molecule has 1 amide bonds. The summed E-state index contributed by atoms with van der Waals surface area (Å²) in [4.78, 5) is 35.8. The summed E-state index contributed by atoms with van der Waals surface area (Å²) in [5.74, 6) is -1.80. The molecular formula is C17H25N3O7S. The minimum atomic E-state index is -4.15. The smallest absolute Gasteiger partial charge is 0.328 e. The Labute approximate surface area is 165 Å². The number of sulfonamides is 1. The largest absolute Gasteiger partial charge is 0.467 e. The normalized spacial score (nSPS) is 14.3. The lowest BCUT2D eigenvalue weighted by atomic mass is 10.0. The van der Waals surface area contributed by atoms with Crippen molar-refractivity contribution in [1.82, 2.24) is 9.21 Å². The van der Waals surface area contributed by atoms with Gasteiger partial charge in [-0.05, 0) is 25.0 Å². The third-order valence-corrected chi connectivity index (χ3v) is 6.26. The number of nitro benzene ring substituents is 1. The summed E-state index contributed by atoms with van der Waals surface area (Å²) < 4.78 is 38.8. The number of likely N-dealkylation sites (N-methyl/N-ethyl adjacent to an activating group) is 2. The van der Waals surface area contributed by atoms with E-state index < -0.39 is 45.9 Å². The lowest BCUT2D eigenvalue weighted by molar-refractivity contribution is -0.384. The second kappa shape index (κ2) is 9.11. The van der Waals surface area contributed by atoms with Gasteiger partial charge in [-0.3, -0.25) is 14.9 Å². The summed E-state index contributed by atoms with van der Waals surface area (Å²) >= 11 is 0. The molecule has 0 aliphatic heterocycles. The molecule has 0 radical (unpaired) electrons. The second-order valence-corrected chi connectivity index (χ2v) is 8.47. The van der Waals surface area contributed by atoms with Crippen molar-refractivity contribution < 1.29 is 29.0 Å². The molecule has 1 rings (SSSR count). The number of esters is 1. The van der Waals surface area contributed by atoms with Gasteiger partial charge in [0.25, 0.3) is 5.69 Å². The number of rotatable bonds is 8. The Hall–Kier alpha value is -2.53. The van der Waals surface area contributed by atoms with E-state index >= 15 is 0 Å². The number of nitrogens with zero attached hydrogens (tertiary/aromatic N) is 3. The molecule has 0 unspecified atom stereocenters. The van der Waals surface area contributed by atoms with Crippen LogP contribution in [0, 0.1) is 16.0 Å². The van der Waals surface area contributed by atoms with Crippen molar-refractivity contribution in [2.24, 2.45) is 5.92 Å². The Bertz CT molecular complexity index is 858. The first-order chi connectivity index (χ1) is 13.4. The van der Waals surface area contributed by atoms with E-state index in [-0.39, 0.29) is 16.5 Å². The Morgan fingerprint density at radius 3 is 2.14 bits per heavy atom. The van der Waals surface area contributed by atoms with Gasteiger partial charge in [-0.2, -0.15) is 4.31 Å². The van der Waals surface area contributed by atoms with E-state index in [0.717, 1.165) is 33.5 Å². The topological polar surface area (TPSA) is 127 Å². The molecule has 0 N–H and O–H groups in total. The van der Waals surface area contributed by atoms with Crippen molar-refractivity contribution in [1.29, 1.82) is 0 Å². The van der Waals surface area contributed by atoms with Crippen LogP contribution >= 0.6 is 0 Å². The summed E-state index contributed by atoms with van der Waals surface area (Å²) in [6.45, 7) is 4.70. The second-order valence-electron chi connectivity index (χ2n) is 6.47. The van der Waals surface area contributed by atoms with E-state index in [1.807, 2.05) is 0 Å². The number of carbonyl (C=O) groups is 2. The number of ether oxygens (including phenoxy) is 1. The van der Waals surface area contributed by atoms with Crippen molar-refractivity contribution in [2.75, 3.05) is 21.2 Å². The SMILES string of the molecule is [2H]CN(C(=O)[C@@H](C)N(C)S(=O)(=O)c1ccc([N+](=O)[O-])cc1)[C@H](C(=O)OC)C(C)C. The highest BCUT2D eigenvalue weighted by Crippen LogP contribution is 2.21. The Morgan fingerprint density at radius 2 is 1.75 bits per heavy atom. The van der Waals surface area contributed by atoms with E-state index in [1.165, 1.54) is 21.1 Å². The first-order valence-corrected chi connectivity index (χ1v) is 9.74. The van der Waals surface area contributed by atoms with Crippen molar-refractivity contribution in [2.45, 2.75) is 37.8 Å². The van der Waals surface area contributed by atoms with Crippen LogP contribution in [0.2, 0.25) is 0 Å². The predicted molar refractivity (Wildman–Crippen MR) is 101 cm³/mol. The molecule has 0 saturated carbocycles. The Morgan fingerprint density at radius 1 is 1.21 bits per heavy atom. The number of methoxy groups -OCH3 is 1. The molecule has 0 spiro atoms. The van der Waals surface area contributed by atoms with Crippen molar-refractivity contribution >= 4 is 27.6 Å². The van der Waals surface area contributed by atoms with Crippen LogP contribution in [0.25, 0.3) is 0 Å². The predicted octanol–water partition coefficient (Wildman–Crippen LogP) is 1.26. The number of carbonyl (C=O) groups excluding carboxylic acids is 2. The summed E-state index contributed by atoms with van der Waals surface area (Å²) in [7, 11) is -2.37. The van der Waals surface area contributed by atoms with Gasteiger partial charge in [0.15, 0.2) is 0 Å². The summed E-state index contributed by atoms with van der Waals surface area (Å²) in [5.41, 5.74) is -0.269. The lowest BCUT2D eigenvalue weighted by Crippen LogP contribution is -2.53. The van der Waals surface area contributed by atoms with Gasteiger partial charge in [0.2, 0.25) is 15.9 Å². The van der Waals surface area contributed by atoms with E-state index in [9.17, 15) is 28.1 Å². The van der Waals surface area contributed by atoms with Crippen LogP contribution in [0.4, 0.5) is 5.69 Å². The van der Waals surface area contributed by atoms with Gasteiger partial charge < -0.3 is 9.64 Å². The number of amides is 1.